The van der Waals surface area contributed by atoms with Gasteiger partial charge >= 0.3 is 5.97 Å². The second kappa shape index (κ2) is 16.7. The molecule has 0 aliphatic heterocycles. The van der Waals surface area contributed by atoms with Crippen molar-refractivity contribution >= 4 is 23.5 Å². The van der Waals surface area contributed by atoms with E-state index >= 15 is 0 Å². The fourth-order valence-electron chi connectivity index (χ4n) is 4.92. The maximum absolute atomic E-state index is 13.3. The molecule has 0 heterocycles. The Bertz CT molecular complexity index is 1040. The van der Waals surface area contributed by atoms with E-state index in [2.05, 4.69) is 10.8 Å². The van der Waals surface area contributed by atoms with E-state index < -0.39 is 6.04 Å². The number of amides is 2. The van der Waals surface area contributed by atoms with Crippen LogP contribution in [0.1, 0.15) is 88.3 Å². The second-order valence-electron chi connectivity index (χ2n) is 10.1. The molecule has 1 saturated carbocycles. The summed E-state index contributed by atoms with van der Waals surface area (Å²) in [4.78, 5) is 44.4. The van der Waals surface area contributed by atoms with Gasteiger partial charge in [-0.05, 0) is 69.7 Å². The molecule has 0 aromatic heterocycles. The van der Waals surface area contributed by atoms with Crippen LogP contribution in [0.2, 0.25) is 0 Å². The van der Waals surface area contributed by atoms with Crippen molar-refractivity contribution in [2.24, 2.45) is 0 Å². The zero-order chi connectivity index (χ0) is 27.9. The van der Waals surface area contributed by atoms with Gasteiger partial charge in [0, 0.05) is 25.1 Å². The minimum Gasteiger partial charge on any atom is -0.461 e. The summed E-state index contributed by atoms with van der Waals surface area (Å²) in [5, 5.41) is 3.05. The summed E-state index contributed by atoms with van der Waals surface area (Å²) in [6.07, 6.45) is 8.16. The van der Waals surface area contributed by atoms with Crippen molar-refractivity contribution in [2.45, 2.75) is 89.8 Å². The van der Waals surface area contributed by atoms with E-state index in [1.807, 2.05) is 73.5 Å². The highest BCUT2D eigenvalue weighted by Gasteiger charge is 2.30. The average molecular weight is 538 g/mol. The van der Waals surface area contributed by atoms with Crippen LogP contribution in [0.5, 0.6) is 0 Å². The van der Waals surface area contributed by atoms with Gasteiger partial charge in [-0.3, -0.25) is 19.3 Å². The summed E-state index contributed by atoms with van der Waals surface area (Å²) in [7, 11) is 1.92. The minimum atomic E-state index is -0.536. The van der Waals surface area contributed by atoms with Crippen LogP contribution < -0.4 is 10.8 Å². The molecule has 0 unspecified atom stereocenters. The molecule has 0 spiro atoms. The third-order valence-electron chi connectivity index (χ3n) is 6.96. The monoisotopic (exact) mass is 537 g/mol. The van der Waals surface area contributed by atoms with Gasteiger partial charge in [0.25, 0.3) is 0 Å². The van der Waals surface area contributed by atoms with Crippen LogP contribution in [0, 0.1) is 0 Å². The molecule has 2 aromatic carbocycles. The smallest absolute Gasteiger partial charge is 0.328 e. The van der Waals surface area contributed by atoms with Gasteiger partial charge in [0.05, 0.1) is 6.61 Å². The van der Waals surface area contributed by atoms with Gasteiger partial charge in [-0.1, -0.05) is 61.4 Å². The number of carbonyl (C=O) groups is 3. The topological polar surface area (TPSA) is 97.0 Å². The molecule has 0 saturated heterocycles. The van der Waals surface area contributed by atoms with Gasteiger partial charge in [-0.15, -0.1) is 0 Å². The fraction of sp³-hybridized carbons (Fsp3) is 0.516. The molecule has 2 aromatic rings. The predicted molar refractivity (Wildman–Crippen MR) is 152 cm³/mol. The number of hydrogen-bond donors (Lipinski definition) is 2. The van der Waals surface area contributed by atoms with Crippen LogP contribution in [-0.2, 0) is 30.5 Å². The molecule has 0 bridgehead atoms. The van der Waals surface area contributed by atoms with Crippen molar-refractivity contribution in [2.75, 3.05) is 19.0 Å². The van der Waals surface area contributed by atoms with Crippen molar-refractivity contribution in [1.82, 2.24) is 10.4 Å². The number of nitrogens with zero attached hydrogens (tertiary/aromatic N) is 1. The average Bonchev–Trinajstić information content (AvgIpc) is 3.44. The Morgan fingerprint density at radius 1 is 0.897 bits per heavy atom. The van der Waals surface area contributed by atoms with Gasteiger partial charge in [-0.2, -0.15) is 0 Å². The number of unbranched alkanes of at least 4 members (excludes halogenated alkanes) is 3. The lowest BCUT2D eigenvalue weighted by atomic mass is 10.0. The lowest BCUT2D eigenvalue weighted by Gasteiger charge is -2.28. The lowest BCUT2D eigenvalue weighted by molar-refractivity contribution is -0.155. The predicted octanol–water partition coefficient (Wildman–Crippen LogP) is 5.69. The molecule has 0 radical (unpaired) electrons. The summed E-state index contributed by atoms with van der Waals surface area (Å²) < 4.78 is 5.91. The highest BCUT2D eigenvalue weighted by Crippen LogP contribution is 2.28. The highest BCUT2D eigenvalue weighted by atomic mass is 16.6. The number of nitrogens with one attached hydrogen (secondary N) is 2. The van der Waals surface area contributed by atoms with Gasteiger partial charge < -0.3 is 10.1 Å². The first kappa shape index (κ1) is 30.3. The molecule has 2 amide bonds. The third-order valence-corrected chi connectivity index (χ3v) is 6.96. The number of anilines is 1. The Kier molecular flexibility index (Phi) is 13.0. The van der Waals surface area contributed by atoms with E-state index in [0.29, 0.717) is 26.0 Å². The first-order valence-corrected chi connectivity index (χ1v) is 14.2. The van der Waals surface area contributed by atoms with Crippen LogP contribution >= 0.6 is 0 Å². The van der Waals surface area contributed by atoms with Crippen LogP contribution in [-0.4, -0.2) is 42.4 Å². The lowest BCUT2D eigenvalue weighted by Crippen LogP contribution is -2.34. The molecule has 1 aliphatic rings. The number of hydroxylamine groups is 1. The number of benzene rings is 2. The molecular weight excluding hydrogens is 494 g/mol. The largest absolute Gasteiger partial charge is 0.461 e. The van der Waals surface area contributed by atoms with Crippen LogP contribution in [0.15, 0.2) is 54.6 Å². The maximum Gasteiger partial charge on any atom is 0.328 e. The van der Waals surface area contributed by atoms with Gasteiger partial charge in [0.2, 0.25) is 11.8 Å². The van der Waals surface area contributed by atoms with Crippen LogP contribution in [0.4, 0.5) is 5.69 Å². The molecule has 1 atom stereocenters. The summed E-state index contributed by atoms with van der Waals surface area (Å²) >= 11 is 0. The first-order valence-electron chi connectivity index (χ1n) is 14.2. The van der Waals surface area contributed by atoms with Crippen molar-refractivity contribution in [3.05, 3.63) is 65.7 Å². The number of rotatable bonds is 16. The molecule has 2 N–H and O–H groups in total. The SMILES string of the molecule is CCONC(=O)CCCCCCC(=O)Nc1ccccc1CN(C)[C@H](C(=O)OC1CCCC1)c1ccccc1. The van der Waals surface area contributed by atoms with Crippen molar-refractivity contribution in [3.8, 4) is 0 Å². The summed E-state index contributed by atoms with van der Waals surface area (Å²) in [6.45, 7) is 2.73. The van der Waals surface area contributed by atoms with Crippen LogP contribution in [0.25, 0.3) is 0 Å². The second-order valence-corrected chi connectivity index (χ2v) is 10.1. The molecule has 3 rings (SSSR count). The van der Waals surface area contributed by atoms with E-state index in [0.717, 1.165) is 68.2 Å². The molecular formula is C31H43N3O5. The number of para-hydroxylation sites is 1. The summed E-state index contributed by atoms with van der Waals surface area (Å²) in [6, 6.07) is 16.9. The Hall–Kier alpha value is -3.23. The van der Waals surface area contributed by atoms with E-state index in [1.54, 1.807) is 0 Å². The van der Waals surface area contributed by atoms with E-state index in [9.17, 15) is 14.4 Å². The quantitative estimate of drug-likeness (QED) is 0.162. The third kappa shape index (κ3) is 10.5. The number of hydrogen-bond acceptors (Lipinski definition) is 6. The van der Waals surface area contributed by atoms with Crippen molar-refractivity contribution < 1.29 is 24.0 Å². The number of carbonyl (C=O) groups excluding carboxylic acids is 3. The standard InChI is InChI=1S/C31H43N3O5/c1-3-38-33-29(36)22-10-5-4-9-21-28(35)32-27-20-14-11-17-25(27)23-34(2)30(24-15-7-6-8-16-24)31(37)39-26-18-12-13-19-26/h6-8,11,14-17,20,26,30H,3-5,9-10,12-13,18-19,21-23H2,1-2H3,(H,32,35)(H,33,36)/t30-/m0/s1. The number of ether oxygens (including phenoxy) is 1. The fourth-order valence-corrected chi connectivity index (χ4v) is 4.92. The number of esters is 1. The zero-order valence-electron chi connectivity index (χ0n) is 23.3. The Balaban J connectivity index is 1.53. The maximum atomic E-state index is 13.3. The molecule has 39 heavy (non-hydrogen) atoms. The summed E-state index contributed by atoms with van der Waals surface area (Å²) in [5.74, 6) is -0.385. The Morgan fingerprint density at radius 2 is 1.54 bits per heavy atom. The van der Waals surface area contributed by atoms with Crippen molar-refractivity contribution in [3.63, 3.8) is 0 Å². The van der Waals surface area contributed by atoms with Gasteiger partial charge in [0.1, 0.15) is 12.1 Å². The molecule has 212 valence electrons. The normalized spacial score (nSPS) is 14.2. The van der Waals surface area contributed by atoms with Crippen LogP contribution in [0.3, 0.4) is 0 Å². The molecule has 1 aliphatic carbocycles. The summed E-state index contributed by atoms with van der Waals surface area (Å²) in [5.41, 5.74) is 4.96. The Morgan fingerprint density at radius 3 is 2.23 bits per heavy atom. The zero-order valence-corrected chi connectivity index (χ0v) is 23.3. The van der Waals surface area contributed by atoms with E-state index in [4.69, 9.17) is 9.57 Å². The highest BCUT2D eigenvalue weighted by molar-refractivity contribution is 5.91. The Labute approximate surface area is 232 Å². The minimum absolute atomic E-state index is 0.00378. The molecule has 1 fully saturated rings. The molecule has 8 heteroatoms. The van der Waals surface area contributed by atoms with Crippen molar-refractivity contribution in [1.29, 1.82) is 0 Å². The first-order chi connectivity index (χ1) is 19.0. The van der Waals surface area contributed by atoms with Gasteiger partial charge in [0.15, 0.2) is 0 Å². The van der Waals surface area contributed by atoms with E-state index in [-0.39, 0.29) is 23.9 Å². The number of likely N-dealkylation sites (N-methyl/N-ethyl adjacent to an activating group) is 1. The van der Waals surface area contributed by atoms with E-state index in [1.165, 1.54) is 0 Å². The molecule has 8 nitrogen and oxygen atoms in total. The van der Waals surface area contributed by atoms with Gasteiger partial charge in [-0.25, -0.2) is 10.3 Å².